The van der Waals surface area contributed by atoms with Gasteiger partial charge in [-0.15, -0.1) is 0 Å². The minimum absolute atomic E-state index is 0.228. The summed E-state index contributed by atoms with van der Waals surface area (Å²) in [6.07, 6.45) is 0.354. The molecule has 0 radical (unpaired) electrons. The topological polar surface area (TPSA) is 84.1 Å². The van der Waals surface area contributed by atoms with Crippen molar-refractivity contribution in [3.05, 3.63) is 92.6 Å². The first-order valence-corrected chi connectivity index (χ1v) is 9.10. The lowest BCUT2D eigenvalue weighted by molar-refractivity contribution is 0.0933. The average molecular weight is 398 g/mol. The van der Waals surface area contributed by atoms with E-state index in [0.29, 0.717) is 34.3 Å². The second-order valence-electron chi connectivity index (χ2n) is 6.30. The summed E-state index contributed by atoms with van der Waals surface area (Å²) in [4.78, 5) is 31.7. The monoisotopic (exact) mass is 397 g/mol. The molecule has 0 unspecified atom stereocenters. The highest BCUT2D eigenvalue weighted by Gasteiger charge is 2.20. The van der Waals surface area contributed by atoms with Gasteiger partial charge in [-0.25, -0.2) is 4.98 Å². The van der Waals surface area contributed by atoms with Crippen molar-refractivity contribution in [2.45, 2.75) is 19.4 Å². The van der Waals surface area contributed by atoms with Crippen LogP contribution in [0.5, 0.6) is 5.75 Å². The standard InChI is InChI=1S/C21H20ClN3O3/c1-13-23-16(12-20(26)24-13)11-18(14-7-9-15(22)10-8-14)25-21(27)17-5-3-4-6-19(17)28-2/h3-10,12,18H,11H2,1-2H3,(H,25,27)(H,23,24,26)/t18-/m0/s1. The van der Waals surface area contributed by atoms with Crippen molar-refractivity contribution in [2.24, 2.45) is 0 Å². The molecule has 0 aliphatic rings. The molecule has 3 rings (SSSR count). The molecule has 1 amide bonds. The van der Waals surface area contributed by atoms with Gasteiger partial charge in [-0.1, -0.05) is 35.9 Å². The number of halogens is 1. The van der Waals surface area contributed by atoms with Crippen LogP contribution in [0.15, 0.2) is 59.4 Å². The molecule has 2 aromatic carbocycles. The Morgan fingerprint density at radius 3 is 2.61 bits per heavy atom. The number of benzene rings is 2. The zero-order chi connectivity index (χ0) is 20.1. The molecule has 1 aromatic heterocycles. The van der Waals surface area contributed by atoms with E-state index in [9.17, 15) is 9.59 Å². The summed E-state index contributed by atoms with van der Waals surface area (Å²) in [5.41, 5.74) is 1.64. The summed E-state index contributed by atoms with van der Waals surface area (Å²) in [6.45, 7) is 1.72. The largest absolute Gasteiger partial charge is 0.496 e. The molecule has 7 heteroatoms. The molecular formula is C21H20ClN3O3. The van der Waals surface area contributed by atoms with E-state index < -0.39 is 6.04 Å². The highest BCUT2D eigenvalue weighted by molar-refractivity contribution is 6.30. The predicted octanol–water partition coefficient (Wildman–Crippen LogP) is 3.45. The fourth-order valence-corrected chi connectivity index (χ4v) is 3.10. The molecule has 2 N–H and O–H groups in total. The molecule has 0 saturated heterocycles. The maximum atomic E-state index is 12.9. The number of para-hydroxylation sites is 1. The fraction of sp³-hybridized carbons (Fsp3) is 0.190. The highest BCUT2D eigenvalue weighted by Crippen LogP contribution is 2.23. The van der Waals surface area contributed by atoms with Gasteiger partial charge in [0, 0.05) is 17.5 Å². The summed E-state index contributed by atoms with van der Waals surface area (Å²) >= 11 is 6.00. The Kier molecular flexibility index (Phi) is 6.11. The first-order valence-electron chi connectivity index (χ1n) is 8.72. The number of aromatic amines is 1. The van der Waals surface area contributed by atoms with Gasteiger partial charge in [-0.3, -0.25) is 9.59 Å². The van der Waals surface area contributed by atoms with Crippen molar-refractivity contribution in [3.8, 4) is 5.75 Å². The summed E-state index contributed by atoms with van der Waals surface area (Å²) in [6, 6.07) is 15.2. The third-order valence-corrected chi connectivity index (χ3v) is 4.51. The smallest absolute Gasteiger partial charge is 0.255 e. The van der Waals surface area contributed by atoms with Crippen LogP contribution >= 0.6 is 11.6 Å². The van der Waals surface area contributed by atoms with Gasteiger partial charge in [0.05, 0.1) is 24.4 Å². The summed E-state index contributed by atoms with van der Waals surface area (Å²) < 4.78 is 5.28. The summed E-state index contributed by atoms with van der Waals surface area (Å²) in [5.74, 6) is 0.729. The minimum Gasteiger partial charge on any atom is -0.496 e. The molecule has 1 heterocycles. The molecule has 0 spiro atoms. The van der Waals surface area contributed by atoms with E-state index in [1.165, 1.54) is 13.2 Å². The Morgan fingerprint density at radius 1 is 1.21 bits per heavy atom. The van der Waals surface area contributed by atoms with Crippen LogP contribution in [-0.4, -0.2) is 23.0 Å². The Bertz CT molecular complexity index is 1030. The molecule has 0 saturated carbocycles. The molecule has 0 aliphatic carbocycles. The van der Waals surface area contributed by atoms with Crippen molar-refractivity contribution >= 4 is 17.5 Å². The average Bonchev–Trinajstić information content (AvgIpc) is 2.67. The minimum atomic E-state index is -0.400. The van der Waals surface area contributed by atoms with E-state index in [0.717, 1.165) is 5.56 Å². The van der Waals surface area contributed by atoms with Crippen LogP contribution in [0.3, 0.4) is 0 Å². The number of nitrogens with one attached hydrogen (secondary N) is 2. The van der Waals surface area contributed by atoms with E-state index in [2.05, 4.69) is 15.3 Å². The van der Waals surface area contributed by atoms with Gasteiger partial charge in [0.1, 0.15) is 11.6 Å². The maximum absolute atomic E-state index is 12.9. The van der Waals surface area contributed by atoms with E-state index in [1.54, 1.807) is 43.3 Å². The van der Waals surface area contributed by atoms with Gasteiger partial charge in [0.15, 0.2) is 0 Å². The number of aryl methyl sites for hydroxylation is 1. The van der Waals surface area contributed by atoms with Gasteiger partial charge in [-0.05, 0) is 36.8 Å². The molecule has 6 nitrogen and oxygen atoms in total. The second kappa shape index (κ2) is 8.71. The number of rotatable bonds is 6. The molecule has 0 bridgehead atoms. The van der Waals surface area contributed by atoms with Crippen LogP contribution in [0.2, 0.25) is 5.02 Å². The van der Waals surface area contributed by atoms with Gasteiger partial charge in [0.25, 0.3) is 11.5 Å². The number of hydrogen-bond acceptors (Lipinski definition) is 4. The maximum Gasteiger partial charge on any atom is 0.255 e. The number of amides is 1. The van der Waals surface area contributed by atoms with Crippen LogP contribution in [-0.2, 0) is 6.42 Å². The van der Waals surface area contributed by atoms with Crippen molar-refractivity contribution in [1.82, 2.24) is 15.3 Å². The van der Waals surface area contributed by atoms with Gasteiger partial charge in [0.2, 0.25) is 0 Å². The Morgan fingerprint density at radius 2 is 1.93 bits per heavy atom. The van der Waals surface area contributed by atoms with Crippen molar-refractivity contribution in [2.75, 3.05) is 7.11 Å². The number of aromatic nitrogens is 2. The summed E-state index contributed by atoms with van der Waals surface area (Å²) in [7, 11) is 1.52. The first-order chi connectivity index (χ1) is 13.5. The molecular weight excluding hydrogens is 378 g/mol. The quantitative estimate of drug-likeness (QED) is 0.667. The molecule has 3 aromatic rings. The number of H-pyrrole nitrogens is 1. The number of nitrogens with zero attached hydrogens (tertiary/aromatic N) is 1. The SMILES string of the molecule is COc1ccccc1C(=O)N[C@@H](Cc1cc(=O)[nH]c(C)n1)c1ccc(Cl)cc1. The molecule has 0 fully saturated rings. The third kappa shape index (κ3) is 4.78. The number of carbonyl (C=O) groups excluding carboxylic acids is 1. The van der Waals surface area contributed by atoms with Crippen LogP contribution in [0.25, 0.3) is 0 Å². The van der Waals surface area contributed by atoms with Gasteiger partial charge < -0.3 is 15.0 Å². The van der Waals surface area contributed by atoms with Crippen molar-refractivity contribution in [3.63, 3.8) is 0 Å². The number of carbonyl (C=O) groups is 1. The number of hydrogen-bond donors (Lipinski definition) is 2. The highest BCUT2D eigenvalue weighted by atomic mass is 35.5. The van der Waals surface area contributed by atoms with E-state index >= 15 is 0 Å². The van der Waals surface area contributed by atoms with Crippen molar-refractivity contribution in [1.29, 1.82) is 0 Å². The summed E-state index contributed by atoms with van der Waals surface area (Å²) in [5, 5.41) is 3.62. The first kappa shape index (κ1) is 19.6. The van der Waals surface area contributed by atoms with Gasteiger partial charge >= 0.3 is 0 Å². The Labute approximate surface area is 167 Å². The second-order valence-corrected chi connectivity index (χ2v) is 6.74. The van der Waals surface area contributed by atoms with E-state index in [1.807, 2.05) is 12.1 Å². The van der Waals surface area contributed by atoms with Gasteiger partial charge in [-0.2, -0.15) is 0 Å². The zero-order valence-electron chi connectivity index (χ0n) is 15.5. The third-order valence-electron chi connectivity index (χ3n) is 4.26. The van der Waals surface area contributed by atoms with Crippen molar-refractivity contribution < 1.29 is 9.53 Å². The normalized spacial score (nSPS) is 11.7. The van der Waals surface area contributed by atoms with Crippen LogP contribution in [0, 0.1) is 6.92 Å². The molecule has 0 aliphatic heterocycles. The predicted molar refractivity (Wildman–Crippen MR) is 108 cm³/mol. The lowest BCUT2D eigenvalue weighted by Crippen LogP contribution is -2.31. The Hall–Kier alpha value is -3.12. The zero-order valence-corrected chi connectivity index (χ0v) is 16.3. The lowest BCUT2D eigenvalue weighted by atomic mass is 10.0. The van der Waals surface area contributed by atoms with E-state index in [-0.39, 0.29) is 11.5 Å². The van der Waals surface area contributed by atoms with Crippen LogP contribution in [0.4, 0.5) is 0 Å². The van der Waals surface area contributed by atoms with Crippen LogP contribution < -0.4 is 15.6 Å². The molecule has 1 atom stereocenters. The number of ether oxygens (including phenoxy) is 1. The fourth-order valence-electron chi connectivity index (χ4n) is 2.97. The van der Waals surface area contributed by atoms with Crippen LogP contribution in [0.1, 0.15) is 33.5 Å². The Balaban J connectivity index is 1.92. The van der Waals surface area contributed by atoms with E-state index in [4.69, 9.17) is 16.3 Å². The molecule has 28 heavy (non-hydrogen) atoms. The molecule has 144 valence electrons. The number of methoxy groups -OCH3 is 1. The lowest BCUT2D eigenvalue weighted by Gasteiger charge is -2.20.